The number of amides is 2. The van der Waals surface area contributed by atoms with Crippen LogP contribution in [0.15, 0.2) is 29.3 Å². The van der Waals surface area contributed by atoms with E-state index in [1.807, 2.05) is 56.9 Å². The molecule has 3 N–H and O–H groups in total. The van der Waals surface area contributed by atoms with Crippen LogP contribution in [-0.4, -0.2) is 44.0 Å². The highest BCUT2D eigenvalue weighted by atomic mass is 127. The van der Waals surface area contributed by atoms with Crippen LogP contribution in [-0.2, 0) is 16.1 Å². The van der Waals surface area contributed by atoms with Crippen LogP contribution in [0.4, 0.5) is 5.69 Å². The summed E-state index contributed by atoms with van der Waals surface area (Å²) in [5.74, 6) is 0.892. The molecule has 0 unspecified atom stereocenters. The van der Waals surface area contributed by atoms with Crippen LogP contribution in [0.2, 0.25) is 0 Å². The maximum Gasteiger partial charge on any atom is 0.227 e. The molecule has 1 fully saturated rings. The van der Waals surface area contributed by atoms with E-state index in [0.717, 1.165) is 30.8 Å². The number of nitrogens with one attached hydrogen (secondary N) is 3. The maximum atomic E-state index is 12.1. The Morgan fingerprint density at radius 2 is 1.76 bits per heavy atom. The standard InChI is InChI=1S/C21H33N5O2.HI/c1-5-22-19(28)21(3,4)15-25-20(23-6-2)24-14-16-9-11-17(12-10-16)26-13-7-8-18(26)27;/h9-12H,5-8,13-15H2,1-4H3,(H,22,28)(H2,23,24,25);1H. The van der Waals surface area contributed by atoms with Crippen LogP contribution < -0.4 is 20.9 Å². The summed E-state index contributed by atoms with van der Waals surface area (Å²) in [5, 5.41) is 9.33. The minimum absolute atomic E-state index is 0. The second kappa shape index (κ2) is 12.0. The van der Waals surface area contributed by atoms with Crippen molar-refractivity contribution in [3.63, 3.8) is 0 Å². The summed E-state index contributed by atoms with van der Waals surface area (Å²) in [5.41, 5.74) is 1.48. The van der Waals surface area contributed by atoms with Gasteiger partial charge in [0, 0.05) is 38.3 Å². The fourth-order valence-corrected chi connectivity index (χ4v) is 3.00. The Balaban J connectivity index is 0.00000420. The Bertz CT molecular complexity index is 704. The molecule has 1 aliphatic heterocycles. The van der Waals surface area contributed by atoms with Crippen molar-refractivity contribution in [2.45, 2.75) is 47.1 Å². The number of hydrogen-bond donors (Lipinski definition) is 3. The highest BCUT2D eigenvalue weighted by molar-refractivity contribution is 14.0. The number of guanidine groups is 1. The van der Waals surface area contributed by atoms with Crippen molar-refractivity contribution in [1.29, 1.82) is 0 Å². The molecule has 1 saturated heterocycles. The Morgan fingerprint density at radius 1 is 1.10 bits per heavy atom. The van der Waals surface area contributed by atoms with E-state index in [1.165, 1.54) is 0 Å². The number of halogens is 1. The Labute approximate surface area is 191 Å². The SMILES string of the molecule is CCNC(=O)C(C)(C)CNC(=NCc1ccc(N2CCCC2=O)cc1)NCC.I. The van der Waals surface area contributed by atoms with E-state index in [4.69, 9.17) is 0 Å². The summed E-state index contributed by atoms with van der Waals surface area (Å²) in [6.45, 7) is 10.9. The first-order chi connectivity index (χ1) is 13.4. The van der Waals surface area contributed by atoms with Crippen molar-refractivity contribution in [1.82, 2.24) is 16.0 Å². The molecule has 0 aromatic heterocycles. The summed E-state index contributed by atoms with van der Waals surface area (Å²) in [6, 6.07) is 7.97. The fourth-order valence-electron chi connectivity index (χ4n) is 3.00. The molecule has 0 radical (unpaired) electrons. The molecule has 0 bridgehead atoms. The number of carbonyl (C=O) groups is 2. The quantitative estimate of drug-likeness (QED) is 0.283. The van der Waals surface area contributed by atoms with E-state index in [-0.39, 0.29) is 35.8 Å². The van der Waals surface area contributed by atoms with Gasteiger partial charge in [-0.1, -0.05) is 12.1 Å². The van der Waals surface area contributed by atoms with Crippen molar-refractivity contribution in [3.05, 3.63) is 29.8 Å². The van der Waals surface area contributed by atoms with Gasteiger partial charge in [0.05, 0.1) is 12.0 Å². The smallest absolute Gasteiger partial charge is 0.227 e. The summed E-state index contributed by atoms with van der Waals surface area (Å²) < 4.78 is 0. The molecule has 29 heavy (non-hydrogen) atoms. The molecule has 1 heterocycles. The average molecular weight is 515 g/mol. The predicted octanol–water partition coefficient (Wildman–Crippen LogP) is 2.65. The van der Waals surface area contributed by atoms with Gasteiger partial charge in [0.1, 0.15) is 0 Å². The monoisotopic (exact) mass is 515 g/mol. The maximum absolute atomic E-state index is 12.1. The lowest BCUT2D eigenvalue weighted by Gasteiger charge is -2.24. The van der Waals surface area contributed by atoms with Gasteiger partial charge in [-0.25, -0.2) is 4.99 Å². The van der Waals surface area contributed by atoms with E-state index in [9.17, 15) is 9.59 Å². The first-order valence-electron chi connectivity index (χ1n) is 10.1. The van der Waals surface area contributed by atoms with E-state index in [1.54, 1.807) is 0 Å². The van der Waals surface area contributed by atoms with Crippen LogP contribution in [0.25, 0.3) is 0 Å². The Hall–Kier alpha value is -1.84. The predicted molar refractivity (Wildman–Crippen MR) is 129 cm³/mol. The van der Waals surface area contributed by atoms with Gasteiger partial charge in [0.2, 0.25) is 11.8 Å². The van der Waals surface area contributed by atoms with Crippen molar-refractivity contribution in [2.24, 2.45) is 10.4 Å². The van der Waals surface area contributed by atoms with Crippen LogP contribution in [0.5, 0.6) is 0 Å². The highest BCUT2D eigenvalue weighted by Gasteiger charge is 2.27. The Morgan fingerprint density at radius 3 is 2.31 bits per heavy atom. The summed E-state index contributed by atoms with van der Waals surface area (Å²) in [4.78, 5) is 30.4. The fraction of sp³-hybridized carbons (Fsp3) is 0.571. The summed E-state index contributed by atoms with van der Waals surface area (Å²) >= 11 is 0. The van der Waals surface area contributed by atoms with Crippen LogP contribution in [0, 0.1) is 5.41 Å². The lowest BCUT2D eigenvalue weighted by atomic mass is 9.92. The van der Waals surface area contributed by atoms with Gasteiger partial charge in [-0.3, -0.25) is 9.59 Å². The lowest BCUT2D eigenvalue weighted by molar-refractivity contribution is -0.128. The zero-order valence-corrected chi connectivity index (χ0v) is 20.2. The molecular formula is C21H34IN5O2. The topological polar surface area (TPSA) is 85.8 Å². The lowest BCUT2D eigenvalue weighted by Crippen LogP contribution is -2.47. The molecule has 2 rings (SSSR count). The largest absolute Gasteiger partial charge is 0.357 e. The number of nitrogens with zero attached hydrogens (tertiary/aromatic N) is 2. The van der Waals surface area contributed by atoms with Crippen LogP contribution >= 0.6 is 24.0 Å². The zero-order chi connectivity index (χ0) is 20.6. The highest BCUT2D eigenvalue weighted by Crippen LogP contribution is 2.21. The number of benzene rings is 1. The van der Waals surface area contributed by atoms with Gasteiger partial charge in [-0.15, -0.1) is 24.0 Å². The van der Waals surface area contributed by atoms with Crippen molar-refractivity contribution >= 4 is 47.4 Å². The molecule has 0 aliphatic carbocycles. The Kier molecular flexibility index (Phi) is 10.4. The third-order valence-electron chi connectivity index (χ3n) is 4.74. The molecule has 1 aromatic carbocycles. The molecule has 0 spiro atoms. The zero-order valence-electron chi connectivity index (χ0n) is 17.9. The first kappa shape index (κ1) is 25.2. The molecule has 162 valence electrons. The van der Waals surface area contributed by atoms with Crippen molar-refractivity contribution < 1.29 is 9.59 Å². The molecule has 7 nitrogen and oxygen atoms in total. The van der Waals surface area contributed by atoms with Gasteiger partial charge >= 0.3 is 0 Å². The van der Waals surface area contributed by atoms with Crippen LogP contribution in [0.3, 0.4) is 0 Å². The molecule has 0 atom stereocenters. The average Bonchev–Trinajstić information content (AvgIpc) is 3.10. The van der Waals surface area contributed by atoms with Crippen molar-refractivity contribution in [3.8, 4) is 0 Å². The number of anilines is 1. The second-order valence-electron chi connectivity index (χ2n) is 7.61. The molecule has 8 heteroatoms. The van der Waals surface area contributed by atoms with E-state index in [0.29, 0.717) is 32.0 Å². The summed E-state index contributed by atoms with van der Waals surface area (Å²) in [7, 11) is 0. The third-order valence-corrected chi connectivity index (χ3v) is 4.74. The number of aliphatic imine (C=N–C) groups is 1. The molecule has 2 amide bonds. The van der Waals surface area contributed by atoms with E-state index < -0.39 is 5.41 Å². The van der Waals surface area contributed by atoms with E-state index in [2.05, 4.69) is 20.9 Å². The minimum Gasteiger partial charge on any atom is -0.357 e. The van der Waals surface area contributed by atoms with Gasteiger partial charge in [0.25, 0.3) is 0 Å². The third kappa shape index (κ3) is 7.49. The summed E-state index contributed by atoms with van der Waals surface area (Å²) in [6.07, 6.45) is 1.56. The first-order valence-corrected chi connectivity index (χ1v) is 10.1. The second-order valence-corrected chi connectivity index (χ2v) is 7.61. The molecule has 1 aliphatic rings. The number of carbonyl (C=O) groups excluding carboxylic acids is 2. The minimum atomic E-state index is -0.532. The molecular weight excluding hydrogens is 481 g/mol. The number of hydrogen-bond acceptors (Lipinski definition) is 3. The van der Waals surface area contributed by atoms with Crippen LogP contribution in [0.1, 0.15) is 46.1 Å². The molecule has 1 aromatic rings. The normalized spacial score (nSPS) is 14.4. The van der Waals surface area contributed by atoms with Gasteiger partial charge in [-0.2, -0.15) is 0 Å². The van der Waals surface area contributed by atoms with Crippen molar-refractivity contribution in [2.75, 3.05) is 31.1 Å². The van der Waals surface area contributed by atoms with Gasteiger partial charge in [0.15, 0.2) is 5.96 Å². The van der Waals surface area contributed by atoms with Gasteiger partial charge in [-0.05, 0) is 51.8 Å². The number of rotatable bonds is 8. The van der Waals surface area contributed by atoms with Gasteiger partial charge < -0.3 is 20.9 Å². The van der Waals surface area contributed by atoms with E-state index >= 15 is 0 Å². The molecule has 0 saturated carbocycles.